The second-order valence-corrected chi connectivity index (χ2v) is 13.0. The largest absolute Gasteiger partial charge is 0.308 e. The molecule has 0 atom stereocenters. The molecule has 0 aliphatic rings. The molecule has 39 heavy (non-hydrogen) atoms. The Labute approximate surface area is 261 Å². The molecule has 0 saturated carbocycles. The van der Waals surface area contributed by atoms with Crippen molar-refractivity contribution in [2.75, 3.05) is 0 Å². The molecule has 0 unspecified atom stereocenters. The third kappa shape index (κ3) is 8.73. The Morgan fingerprint density at radius 3 is 1.79 bits per heavy atom. The van der Waals surface area contributed by atoms with Gasteiger partial charge >= 0.3 is 0 Å². The zero-order valence-electron chi connectivity index (χ0n) is 22.0. The predicted octanol–water partition coefficient (Wildman–Crippen LogP) is 12.7. The van der Waals surface area contributed by atoms with Crippen LogP contribution < -0.4 is 0 Å². The van der Waals surface area contributed by atoms with Crippen molar-refractivity contribution >= 4 is 95.7 Å². The smallest absolute Gasteiger partial charge is 0.100 e. The molecule has 0 aliphatic carbocycles. The molecule has 9 heteroatoms. The molecule has 0 aromatic carbocycles. The summed E-state index contributed by atoms with van der Waals surface area (Å²) in [6.45, 7) is 15.6. The molecule has 2 nitrogen and oxygen atoms in total. The van der Waals surface area contributed by atoms with Crippen molar-refractivity contribution < 1.29 is 0 Å². The number of hydrogen-bond acceptors (Lipinski definition) is 7. The van der Waals surface area contributed by atoms with Gasteiger partial charge in [0, 0.05) is 50.9 Å². The zero-order valence-corrected chi connectivity index (χ0v) is 27.6. The standard InChI is InChI=1S/C28H22Cl2N2S5.C2H6/c1-5-7-23(36-29)19(15-31)13-21-11-17(3)27(33-21)25-9-10-26(35-25)28-18(4)12-22(34-28)14-20(16-32)24(37-30)8-6-2;1-2/h5-15,31H,1-2H2,3-4H3;1-2H3/b19-13+,20-14+,23-7-,24-8-,31-15?;. The van der Waals surface area contributed by atoms with Gasteiger partial charge < -0.3 is 5.41 Å². The van der Waals surface area contributed by atoms with Crippen LogP contribution in [0.25, 0.3) is 31.7 Å². The highest BCUT2D eigenvalue weighted by Crippen LogP contribution is 2.44. The summed E-state index contributed by atoms with van der Waals surface area (Å²) in [6.07, 6.45) is 12.0. The zero-order chi connectivity index (χ0) is 28.9. The molecule has 0 saturated heterocycles. The lowest BCUT2D eigenvalue weighted by Gasteiger charge is -2.01. The van der Waals surface area contributed by atoms with E-state index in [-0.39, 0.29) is 0 Å². The lowest BCUT2D eigenvalue weighted by molar-refractivity contribution is 1.50. The number of nitrogens with one attached hydrogen (secondary N) is 1. The summed E-state index contributed by atoms with van der Waals surface area (Å²) in [7, 11) is 14.0. The summed E-state index contributed by atoms with van der Waals surface area (Å²) in [5, 5.41) is 17.4. The van der Waals surface area contributed by atoms with Crippen LogP contribution in [0.4, 0.5) is 0 Å². The van der Waals surface area contributed by atoms with Crippen molar-refractivity contribution in [2.24, 2.45) is 0 Å². The Hall–Kier alpha value is -2.02. The number of allylic oxidation sites excluding steroid dienone is 6. The Morgan fingerprint density at radius 1 is 0.872 bits per heavy atom. The van der Waals surface area contributed by atoms with Crippen LogP contribution in [0.1, 0.15) is 34.7 Å². The van der Waals surface area contributed by atoms with Gasteiger partial charge in [-0.15, -0.1) is 34.0 Å². The summed E-state index contributed by atoms with van der Waals surface area (Å²) >= 11 is 5.11. The van der Waals surface area contributed by atoms with E-state index in [2.05, 4.69) is 57.3 Å². The minimum absolute atomic E-state index is 0.511. The monoisotopic (exact) mass is 646 g/mol. The van der Waals surface area contributed by atoms with Crippen LogP contribution in [0.3, 0.4) is 0 Å². The van der Waals surface area contributed by atoms with Gasteiger partial charge in [0.15, 0.2) is 0 Å². The maximum Gasteiger partial charge on any atom is 0.100 e. The first kappa shape index (κ1) is 33.2. The van der Waals surface area contributed by atoms with E-state index >= 15 is 0 Å². The molecule has 0 fully saturated rings. The molecule has 3 heterocycles. The number of thiophene rings is 3. The highest BCUT2D eigenvalue weighted by atomic mass is 35.7. The SMILES string of the molecule is C=C/C=C(SCl)/C(C#N)=C/c1cc(C)c(-c2ccc(-c3sc(/C=C(C=N)/C(=C/C=C)SCl)cc3C)s2)s1.CC. The minimum Gasteiger partial charge on any atom is -0.308 e. The van der Waals surface area contributed by atoms with E-state index in [0.29, 0.717) is 10.5 Å². The second-order valence-electron chi connectivity index (χ2n) is 7.59. The first-order chi connectivity index (χ1) is 18.9. The number of rotatable bonds is 11. The fourth-order valence-corrected chi connectivity index (χ4v) is 8.52. The maximum absolute atomic E-state index is 9.62. The van der Waals surface area contributed by atoms with Crippen LogP contribution in [-0.4, -0.2) is 6.21 Å². The highest BCUT2D eigenvalue weighted by molar-refractivity contribution is 8.24. The van der Waals surface area contributed by atoms with E-state index in [0.717, 1.165) is 47.7 Å². The molecule has 0 radical (unpaired) electrons. The summed E-state index contributed by atoms with van der Waals surface area (Å²) in [6, 6.07) is 10.8. The Bertz CT molecular complexity index is 1490. The lowest BCUT2D eigenvalue weighted by atomic mass is 10.2. The molecule has 3 rings (SSSR count). The molecule has 0 aliphatic heterocycles. The van der Waals surface area contributed by atoms with Crippen LogP contribution in [0, 0.1) is 30.6 Å². The van der Waals surface area contributed by atoms with Gasteiger partial charge in [0.05, 0.1) is 5.57 Å². The molecule has 3 aromatic heterocycles. The van der Waals surface area contributed by atoms with Gasteiger partial charge in [-0.1, -0.05) is 39.2 Å². The van der Waals surface area contributed by atoms with Crippen molar-refractivity contribution in [3.63, 3.8) is 0 Å². The third-order valence-corrected chi connectivity index (χ3v) is 10.9. The van der Waals surface area contributed by atoms with E-state index in [4.69, 9.17) is 26.8 Å². The fourth-order valence-electron chi connectivity index (χ4n) is 3.40. The van der Waals surface area contributed by atoms with Gasteiger partial charge in [-0.3, -0.25) is 0 Å². The Balaban J connectivity index is 0.00000260. The summed E-state index contributed by atoms with van der Waals surface area (Å²) in [5.74, 6) is 0. The molecular formula is C30H28Cl2N2S5. The minimum atomic E-state index is 0.511. The van der Waals surface area contributed by atoms with Crippen molar-refractivity contribution in [3.05, 3.63) is 104 Å². The Morgan fingerprint density at radius 2 is 1.36 bits per heavy atom. The van der Waals surface area contributed by atoms with E-state index < -0.39 is 0 Å². The quantitative estimate of drug-likeness (QED) is 0.128. The second kappa shape index (κ2) is 16.9. The van der Waals surface area contributed by atoms with E-state index in [1.165, 1.54) is 31.3 Å². The number of nitrogens with zero attached hydrogens (tertiary/aromatic N) is 1. The van der Waals surface area contributed by atoms with Gasteiger partial charge in [-0.25, -0.2) is 0 Å². The highest BCUT2D eigenvalue weighted by Gasteiger charge is 2.15. The number of nitriles is 1. The van der Waals surface area contributed by atoms with Crippen LogP contribution in [-0.2, 0) is 0 Å². The molecular weight excluding hydrogens is 620 g/mol. The van der Waals surface area contributed by atoms with E-state index in [1.807, 2.05) is 26.0 Å². The summed E-state index contributed by atoms with van der Waals surface area (Å²) in [4.78, 5) is 8.29. The number of hydrogen-bond donors (Lipinski definition) is 1. The summed E-state index contributed by atoms with van der Waals surface area (Å²) < 4.78 is 0. The third-order valence-electron chi connectivity index (χ3n) is 5.04. The Kier molecular flexibility index (Phi) is 14.4. The summed E-state index contributed by atoms with van der Waals surface area (Å²) in [5.41, 5.74) is 3.60. The van der Waals surface area contributed by atoms with Crippen LogP contribution >= 0.6 is 77.3 Å². The number of halogens is 2. The average molecular weight is 648 g/mol. The van der Waals surface area contributed by atoms with Gasteiger partial charge in [-0.2, -0.15) is 5.26 Å². The molecule has 0 bridgehead atoms. The van der Waals surface area contributed by atoms with Crippen molar-refractivity contribution in [3.8, 4) is 25.6 Å². The molecule has 202 valence electrons. The average Bonchev–Trinajstić information content (AvgIpc) is 3.67. The predicted molar refractivity (Wildman–Crippen MR) is 186 cm³/mol. The van der Waals surface area contributed by atoms with Crippen molar-refractivity contribution in [1.82, 2.24) is 0 Å². The van der Waals surface area contributed by atoms with Crippen molar-refractivity contribution in [1.29, 1.82) is 10.7 Å². The first-order valence-corrected chi connectivity index (χ1v) is 17.5. The van der Waals surface area contributed by atoms with Crippen molar-refractivity contribution in [2.45, 2.75) is 27.7 Å². The first-order valence-electron chi connectivity index (χ1n) is 11.8. The van der Waals surface area contributed by atoms with Crippen LogP contribution in [0.15, 0.2) is 82.7 Å². The van der Waals surface area contributed by atoms with Gasteiger partial charge in [0.25, 0.3) is 0 Å². The normalized spacial score (nSPS) is 12.4. The maximum atomic E-state index is 9.62. The topological polar surface area (TPSA) is 47.6 Å². The van der Waals surface area contributed by atoms with Gasteiger partial charge in [0.2, 0.25) is 0 Å². The molecule has 0 spiro atoms. The van der Waals surface area contributed by atoms with E-state index in [9.17, 15) is 5.26 Å². The van der Waals surface area contributed by atoms with Crippen LogP contribution in [0.2, 0.25) is 0 Å². The number of aryl methyl sites for hydroxylation is 2. The lowest BCUT2D eigenvalue weighted by Crippen LogP contribution is -1.84. The fraction of sp³-hybridized carbons (Fsp3) is 0.133. The van der Waals surface area contributed by atoms with Crippen LogP contribution in [0.5, 0.6) is 0 Å². The molecule has 0 amide bonds. The molecule has 1 N–H and O–H groups in total. The van der Waals surface area contributed by atoms with Gasteiger partial charge in [0.1, 0.15) is 6.07 Å². The molecule has 3 aromatic rings. The van der Waals surface area contributed by atoms with Gasteiger partial charge in [-0.05, 0) is 117 Å². The van der Waals surface area contributed by atoms with E-state index in [1.54, 1.807) is 58.3 Å².